The van der Waals surface area contributed by atoms with Crippen molar-refractivity contribution in [2.24, 2.45) is 5.92 Å². The Hall–Kier alpha value is -1.50. The summed E-state index contributed by atoms with van der Waals surface area (Å²) in [4.78, 5) is 12.3. The highest BCUT2D eigenvalue weighted by molar-refractivity contribution is 6.34. The highest BCUT2D eigenvalue weighted by Gasteiger charge is 2.33. The van der Waals surface area contributed by atoms with Crippen molar-refractivity contribution >= 4 is 23.2 Å². The lowest BCUT2D eigenvalue weighted by atomic mass is 10.0. The first-order valence-electron chi connectivity index (χ1n) is 6.84. The summed E-state index contributed by atoms with van der Waals surface area (Å²) in [7, 11) is 1.82. The zero-order valence-corrected chi connectivity index (χ0v) is 12.4. The van der Waals surface area contributed by atoms with Crippen LogP contribution in [0.2, 0.25) is 5.02 Å². The summed E-state index contributed by atoms with van der Waals surface area (Å²) in [5.41, 5.74) is 0.521. The average Bonchev–Trinajstić information content (AvgIpc) is 2.96. The molecule has 0 bridgehead atoms. The van der Waals surface area contributed by atoms with Gasteiger partial charge in [0.15, 0.2) is 11.5 Å². The standard InChI is InChI=1S/C14H17ClN2O4/c1-16-11-7-19-6-8(11)14(18)17-10-5-13-12(4-9(10)15)20-2-3-21-13/h4-5,8,11,16H,2-3,6-7H2,1H3,(H,17,18). The predicted octanol–water partition coefficient (Wildman–Crippen LogP) is 1.28. The number of carbonyl (C=O) groups is 1. The van der Waals surface area contributed by atoms with Crippen molar-refractivity contribution < 1.29 is 19.0 Å². The molecular formula is C14H17ClN2O4. The molecule has 2 unspecified atom stereocenters. The Balaban J connectivity index is 1.76. The van der Waals surface area contributed by atoms with Gasteiger partial charge in [-0.05, 0) is 7.05 Å². The van der Waals surface area contributed by atoms with E-state index >= 15 is 0 Å². The molecule has 2 heterocycles. The number of amides is 1. The largest absolute Gasteiger partial charge is 0.486 e. The van der Waals surface area contributed by atoms with E-state index in [1.807, 2.05) is 7.05 Å². The topological polar surface area (TPSA) is 68.8 Å². The maximum atomic E-state index is 12.3. The van der Waals surface area contributed by atoms with Crippen molar-refractivity contribution in [3.05, 3.63) is 17.2 Å². The highest BCUT2D eigenvalue weighted by atomic mass is 35.5. The molecule has 2 atom stereocenters. The Morgan fingerprint density at radius 2 is 1.95 bits per heavy atom. The number of ether oxygens (including phenoxy) is 3. The van der Waals surface area contributed by atoms with E-state index in [-0.39, 0.29) is 17.9 Å². The molecule has 0 aliphatic carbocycles. The normalized spacial score (nSPS) is 23.9. The number of anilines is 1. The molecule has 2 aliphatic heterocycles. The van der Waals surface area contributed by atoms with Gasteiger partial charge >= 0.3 is 0 Å². The third-order valence-corrected chi connectivity index (χ3v) is 3.99. The van der Waals surface area contributed by atoms with Crippen LogP contribution >= 0.6 is 11.6 Å². The number of benzene rings is 1. The molecule has 1 aromatic carbocycles. The van der Waals surface area contributed by atoms with Crippen LogP contribution in [0.5, 0.6) is 11.5 Å². The molecule has 114 valence electrons. The Kier molecular flexibility index (Phi) is 4.19. The second kappa shape index (κ2) is 6.09. The molecule has 3 rings (SSSR count). The molecule has 6 nitrogen and oxygen atoms in total. The lowest BCUT2D eigenvalue weighted by molar-refractivity contribution is -0.120. The molecule has 1 aromatic rings. The molecule has 21 heavy (non-hydrogen) atoms. The van der Waals surface area contributed by atoms with Crippen molar-refractivity contribution in [2.45, 2.75) is 6.04 Å². The predicted molar refractivity (Wildman–Crippen MR) is 78.2 cm³/mol. The van der Waals surface area contributed by atoms with Gasteiger partial charge in [-0.3, -0.25) is 4.79 Å². The summed E-state index contributed by atoms with van der Waals surface area (Å²) in [5.74, 6) is 0.833. The van der Waals surface area contributed by atoms with Crippen molar-refractivity contribution in [3.63, 3.8) is 0 Å². The first kappa shape index (κ1) is 14.4. The molecule has 7 heteroatoms. The van der Waals surface area contributed by atoms with Crippen LogP contribution in [0.25, 0.3) is 0 Å². The molecule has 0 radical (unpaired) electrons. The van der Waals surface area contributed by atoms with E-state index in [4.69, 9.17) is 25.8 Å². The zero-order chi connectivity index (χ0) is 14.8. The second-order valence-corrected chi connectivity index (χ2v) is 5.41. The third-order valence-electron chi connectivity index (χ3n) is 3.68. The first-order chi connectivity index (χ1) is 10.2. The quantitative estimate of drug-likeness (QED) is 0.880. The van der Waals surface area contributed by atoms with E-state index in [0.717, 1.165) is 0 Å². The van der Waals surface area contributed by atoms with Crippen LogP contribution in [0, 0.1) is 5.92 Å². The van der Waals surface area contributed by atoms with Gasteiger partial charge in [-0.15, -0.1) is 0 Å². The fourth-order valence-corrected chi connectivity index (χ4v) is 2.68. The van der Waals surface area contributed by atoms with Gasteiger partial charge in [-0.25, -0.2) is 0 Å². The smallest absolute Gasteiger partial charge is 0.231 e. The summed E-state index contributed by atoms with van der Waals surface area (Å²) in [6.45, 7) is 1.92. The molecule has 1 fully saturated rings. The molecule has 0 saturated carbocycles. The van der Waals surface area contributed by atoms with Gasteiger partial charge in [0.25, 0.3) is 0 Å². The molecule has 0 spiro atoms. The molecular weight excluding hydrogens is 296 g/mol. The lowest BCUT2D eigenvalue weighted by Crippen LogP contribution is -2.39. The minimum Gasteiger partial charge on any atom is -0.486 e. The number of halogens is 1. The van der Waals surface area contributed by atoms with E-state index in [9.17, 15) is 4.79 Å². The molecule has 1 amide bonds. The highest BCUT2D eigenvalue weighted by Crippen LogP contribution is 2.38. The van der Waals surface area contributed by atoms with Gasteiger partial charge in [0, 0.05) is 18.2 Å². The van der Waals surface area contributed by atoms with Crippen LogP contribution in [-0.2, 0) is 9.53 Å². The van der Waals surface area contributed by atoms with Crippen LogP contribution in [0.1, 0.15) is 0 Å². The number of carbonyl (C=O) groups excluding carboxylic acids is 1. The molecule has 2 aliphatic rings. The minimum absolute atomic E-state index is 0.0148. The van der Waals surface area contributed by atoms with Crippen molar-refractivity contribution in [3.8, 4) is 11.5 Å². The zero-order valence-electron chi connectivity index (χ0n) is 11.6. The van der Waals surface area contributed by atoms with Crippen LogP contribution in [0.4, 0.5) is 5.69 Å². The van der Waals surface area contributed by atoms with Gasteiger partial charge in [0.05, 0.1) is 29.8 Å². The SMILES string of the molecule is CNC1COCC1C(=O)Nc1cc2c(cc1Cl)OCCO2. The fraction of sp³-hybridized carbons (Fsp3) is 0.500. The van der Waals surface area contributed by atoms with E-state index < -0.39 is 0 Å². The Labute approximate surface area is 127 Å². The van der Waals surface area contributed by atoms with E-state index in [1.54, 1.807) is 12.1 Å². The summed E-state index contributed by atoms with van der Waals surface area (Å²) >= 11 is 6.19. The summed E-state index contributed by atoms with van der Waals surface area (Å²) in [6.07, 6.45) is 0. The lowest BCUT2D eigenvalue weighted by Gasteiger charge is -2.21. The van der Waals surface area contributed by atoms with E-state index in [2.05, 4.69) is 10.6 Å². The number of hydrogen-bond donors (Lipinski definition) is 2. The van der Waals surface area contributed by atoms with Gasteiger partial charge in [0.1, 0.15) is 13.2 Å². The first-order valence-corrected chi connectivity index (χ1v) is 7.22. The van der Waals surface area contributed by atoms with Crippen LogP contribution < -0.4 is 20.1 Å². The van der Waals surface area contributed by atoms with Crippen LogP contribution in [0.3, 0.4) is 0 Å². The van der Waals surface area contributed by atoms with Crippen LogP contribution in [0.15, 0.2) is 12.1 Å². The van der Waals surface area contributed by atoms with E-state index in [1.165, 1.54) is 0 Å². The maximum Gasteiger partial charge on any atom is 0.231 e. The summed E-state index contributed by atoms with van der Waals surface area (Å²) in [5, 5.41) is 6.35. The monoisotopic (exact) mass is 312 g/mol. The Morgan fingerprint density at radius 3 is 2.67 bits per heavy atom. The van der Waals surface area contributed by atoms with Gasteiger partial charge in [-0.1, -0.05) is 11.6 Å². The number of nitrogens with one attached hydrogen (secondary N) is 2. The van der Waals surface area contributed by atoms with Crippen molar-refractivity contribution in [1.29, 1.82) is 0 Å². The van der Waals surface area contributed by atoms with Crippen molar-refractivity contribution in [2.75, 3.05) is 38.8 Å². The molecule has 1 saturated heterocycles. The maximum absolute atomic E-state index is 12.3. The number of rotatable bonds is 3. The third kappa shape index (κ3) is 2.92. The number of hydrogen-bond acceptors (Lipinski definition) is 5. The van der Waals surface area contributed by atoms with Crippen molar-refractivity contribution in [1.82, 2.24) is 5.32 Å². The Bertz CT molecular complexity index is 552. The number of likely N-dealkylation sites (N-methyl/N-ethyl adjacent to an activating group) is 1. The minimum atomic E-state index is -0.237. The second-order valence-electron chi connectivity index (χ2n) is 5.00. The Morgan fingerprint density at radius 1 is 1.24 bits per heavy atom. The average molecular weight is 313 g/mol. The summed E-state index contributed by atoms with van der Waals surface area (Å²) in [6, 6.07) is 3.37. The van der Waals surface area contributed by atoms with Gasteiger partial charge in [-0.2, -0.15) is 0 Å². The van der Waals surface area contributed by atoms with Crippen LogP contribution in [-0.4, -0.2) is 45.4 Å². The fourth-order valence-electron chi connectivity index (χ4n) is 2.48. The number of fused-ring (bicyclic) bond motifs is 1. The van der Waals surface area contributed by atoms with Gasteiger partial charge in [0.2, 0.25) is 5.91 Å². The van der Waals surface area contributed by atoms with E-state index in [0.29, 0.717) is 48.6 Å². The van der Waals surface area contributed by atoms with Gasteiger partial charge < -0.3 is 24.8 Å². The molecule has 0 aromatic heterocycles. The summed E-state index contributed by atoms with van der Waals surface area (Å²) < 4.78 is 16.3. The molecule has 2 N–H and O–H groups in total.